The van der Waals surface area contributed by atoms with Gasteiger partial charge in [0.1, 0.15) is 42.7 Å². The molecular formula is C39H63NO14. The molecule has 308 valence electrons. The van der Waals surface area contributed by atoms with Crippen LogP contribution in [0, 0.1) is 23.2 Å². The summed E-state index contributed by atoms with van der Waals surface area (Å²) >= 11 is 0. The predicted octanol–water partition coefficient (Wildman–Crippen LogP) is 1.32. The first-order chi connectivity index (χ1) is 25.4. The molecule has 0 spiro atoms. The highest BCUT2D eigenvalue weighted by molar-refractivity contribution is 5.97. The second-order valence-corrected chi connectivity index (χ2v) is 16.0. The van der Waals surface area contributed by atoms with Crippen LogP contribution >= 0.6 is 0 Å². The van der Waals surface area contributed by atoms with E-state index in [2.05, 4.69) is 0 Å². The number of rotatable bonds is 9. The molecule has 4 aliphatic rings. The molecule has 3 heterocycles. The van der Waals surface area contributed by atoms with E-state index < -0.39 is 121 Å². The number of carbonyl (C=O) groups is 3. The van der Waals surface area contributed by atoms with Gasteiger partial charge in [-0.1, -0.05) is 31.6 Å². The van der Waals surface area contributed by atoms with Crippen molar-refractivity contribution in [2.75, 3.05) is 34.9 Å². The Bertz CT molecular complexity index is 1360. The molecule has 54 heavy (non-hydrogen) atoms. The third-order valence-corrected chi connectivity index (χ3v) is 11.9. The highest BCUT2D eigenvalue weighted by atomic mass is 16.7. The number of ether oxygens (including phenoxy) is 7. The fourth-order valence-electron chi connectivity index (χ4n) is 8.42. The Hall–Kier alpha value is -2.15. The summed E-state index contributed by atoms with van der Waals surface area (Å²) in [6.07, 6.45) is -6.11. The van der Waals surface area contributed by atoms with Crippen molar-refractivity contribution in [2.45, 2.75) is 147 Å². The summed E-state index contributed by atoms with van der Waals surface area (Å²) in [4.78, 5) is 43.0. The van der Waals surface area contributed by atoms with Gasteiger partial charge >= 0.3 is 5.97 Å². The molecule has 4 N–H and O–H groups in total. The van der Waals surface area contributed by atoms with Crippen molar-refractivity contribution < 1.29 is 68.0 Å². The van der Waals surface area contributed by atoms with Gasteiger partial charge in [-0.05, 0) is 73.0 Å². The molecular weight excluding hydrogens is 706 g/mol. The van der Waals surface area contributed by atoms with Crippen LogP contribution in [-0.2, 0) is 47.5 Å². The lowest BCUT2D eigenvalue weighted by Gasteiger charge is -2.46. The van der Waals surface area contributed by atoms with Gasteiger partial charge in [0.2, 0.25) is 0 Å². The number of hydrogen-bond donors (Lipinski definition) is 4. The van der Waals surface area contributed by atoms with Gasteiger partial charge < -0.3 is 58.5 Å². The molecule has 0 aromatic heterocycles. The summed E-state index contributed by atoms with van der Waals surface area (Å²) < 4.78 is 41.6. The summed E-state index contributed by atoms with van der Waals surface area (Å²) in [5.74, 6) is -3.57. The Morgan fingerprint density at radius 2 is 1.52 bits per heavy atom. The largest absolute Gasteiger partial charge is 0.461 e. The first-order valence-corrected chi connectivity index (χ1v) is 19.0. The highest BCUT2D eigenvalue weighted by Crippen LogP contribution is 2.47. The van der Waals surface area contributed by atoms with Crippen LogP contribution in [0.25, 0.3) is 0 Å². The number of carbonyl (C=O) groups excluding carboxylic acids is 3. The van der Waals surface area contributed by atoms with E-state index in [1.54, 1.807) is 59.7 Å². The zero-order valence-electron chi connectivity index (χ0n) is 33.3. The Morgan fingerprint density at radius 1 is 0.889 bits per heavy atom. The van der Waals surface area contributed by atoms with E-state index in [1.165, 1.54) is 20.3 Å². The minimum absolute atomic E-state index is 0.0160. The van der Waals surface area contributed by atoms with Crippen LogP contribution in [-0.4, -0.2) is 157 Å². The molecule has 17 atom stereocenters. The summed E-state index contributed by atoms with van der Waals surface area (Å²) in [5.41, 5.74) is -0.552. The molecule has 2 saturated heterocycles. The first kappa shape index (κ1) is 44.6. The van der Waals surface area contributed by atoms with E-state index in [-0.39, 0.29) is 25.2 Å². The SMILES string of the molecule is CC[C@H]1OC(=O)CC(=O)[C@H](C)[C@@H](O[C@H]2O[C@@H](C)[C@H](O)[C@@H](N(C)C)[C@@H]2O)[C@H]2C[C@H](O)[C@@](C)(C2)C(=O)/C=C/C(C)=C/[C@@H]1CO[C@@H]1O[C@H](C)[C@@H](O)[C@@H](OC)[C@H]1OC. The topological polar surface area (TPSA) is 200 Å². The maximum atomic E-state index is 13.9. The van der Waals surface area contributed by atoms with Gasteiger partial charge in [0, 0.05) is 26.1 Å². The third kappa shape index (κ3) is 9.68. The number of likely N-dealkylation sites (N-methyl/N-ethyl adjacent to an activating group) is 1. The number of methoxy groups -OCH3 is 2. The predicted molar refractivity (Wildman–Crippen MR) is 194 cm³/mol. The van der Waals surface area contributed by atoms with Gasteiger partial charge in [-0.2, -0.15) is 0 Å². The van der Waals surface area contributed by atoms with Crippen LogP contribution in [0.5, 0.6) is 0 Å². The molecule has 1 aliphatic carbocycles. The van der Waals surface area contributed by atoms with Crippen LogP contribution in [0.4, 0.5) is 0 Å². The quantitative estimate of drug-likeness (QED) is 0.193. The van der Waals surface area contributed by atoms with Crippen molar-refractivity contribution in [2.24, 2.45) is 23.2 Å². The Balaban J connectivity index is 1.65. The maximum Gasteiger partial charge on any atom is 0.313 e. The average molecular weight is 770 g/mol. The van der Waals surface area contributed by atoms with E-state index in [1.807, 2.05) is 13.0 Å². The monoisotopic (exact) mass is 769 g/mol. The zero-order valence-corrected chi connectivity index (χ0v) is 33.3. The highest BCUT2D eigenvalue weighted by Gasteiger charge is 2.53. The summed E-state index contributed by atoms with van der Waals surface area (Å²) in [5, 5.41) is 44.1. The lowest BCUT2D eigenvalue weighted by molar-refractivity contribution is -0.304. The van der Waals surface area contributed by atoms with Crippen LogP contribution in [0.2, 0.25) is 0 Å². The van der Waals surface area contributed by atoms with Crippen molar-refractivity contribution in [3.8, 4) is 0 Å². The second-order valence-electron chi connectivity index (χ2n) is 16.0. The Kier molecular flexibility index (Phi) is 15.6. The number of esters is 1. The van der Waals surface area contributed by atoms with Crippen LogP contribution < -0.4 is 0 Å². The van der Waals surface area contributed by atoms with Gasteiger partial charge in [-0.15, -0.1) is 0 Å². The molecule has 1 saturated carbocycles. The number of Topliss-reactive ketones (excluding diaryl/α,β-unsaturated/α-hetero) is 1. The van der Waals surface area contributed by atoms with Gasteiger partial charge in [-0.3, -0.25) is 14.4 Å². The number of hydrogen-bond acceptors (Lipinski definition) is 15. The molecule has 4 rings (SSSR count). The van der Waals surface area contributed by atoms with E-state index >= 15 is 0 Å². The van der Waals surface area contributed by atoms with Gasteiger partial charge in [0.15, 0.2) is 18.4 Å². The van der Waals surface area contributed by atoms with Crippen molar-refractivity contribution in [1.82, 2.24) is 4.90 Å². The number of nitrogens with zero attached hydrogens (tertiary/aromatic N) is 1. The van der Waals surface area contributed by atoms with E-state index in [4.69, 9.17) is 33.2 Å². The maximum absolute atomic E-state index is 13.9. The number of cyclic esters (lactones) is 1. The Labute approximate surface area is 318 Å². The lowest BCUT2D eigenvalue weighted by Crippen LogP contribution is -2.63. The first-order valence-electron chi connectivity index (χ1n) is 19.0. The molecule has 3 aliphatic heterocycles. The molecule has 0 aromatic carbocycles. The van der Waals surface area contributed by atoms with E-state index in [9.17, 15) is 34.8 Å². The van der Waals surface area contributed by atoms with Crippen LogP contribution in [0.1, 0.15) is 67.2 Å². The van der Waals surface area contributed by atoms with Crippen molar-refractivity contribution >= 4 is 17.5 Å². The number of allylic oxidation sites excluding steroid dienone is 3. The molecule has 15 heteroatoms. The van der Waals surface area contributed by atoms with E-state index in [0.717, 1.165) is 0 Å². The standard InChI is InChI=1S/C39H63NO14/c1-11-26-24(18-50-38-36(49-10)35(48-9)32(46)22(5)52-38)14-19(2)12-13-27(42)39(6)17-23(15-28(39)43)34(20(3)25(41)16-29(44)53-26)54-37-33(47)30(40(7)8)31(45)21(4)51-37/h12-14,20-24,26,28,30-38,43,45-47H,11,15-18H2,1-10H3/b13-12+,19-14+/t20-,21-,22+,23-,24+,26+,28-,30+,31-,32+,33-,34+,35+,36+,37+,38+,39-/m0/s1. The minimum atomic E-state index is -1.30. The van der Waals surface area contributed by atoms with Gasteiger partial charge in [-0.25, -0.2) is 0 Å². The van der Waals surface area contributed by atoms with Crippen molar-refractivity contribution in [3.05, 3.63) is 23.8 Å². The lowest BCUT2D eigenvalue weighted by atomic mass is 9.79. The number of ketones is 2. The van der Waals surface area contributed by atoms with Gasteiger partial charge in [0.25, 0.3) is 0 Å². The molecule has 0 radical (unpaired) electrons. The molecule has 3 fully saturated rings. The van der Waals surface area contributed by atoms with Crippen molar-refractivity contribution in [3.63, 3.8) is 0 Å². The molecule has 15 nitrogen and oxygen atoms in total. The average Bonchev–Trinajstić information content (AvgIpc) is 3.43. The molecule has 2 bridgehead atoms. The number of aliphatic hydroxyl groups is 4. The second kappa shape index (κ2) is 18.9. The molecule has 0 amide bonds. The number of aliphatic hydroxyl groups excluding tert-OH is 4. The summed E-state index contributed by atoms with van der Waals surface area (Å²) in [6, 6.07) is -0.738. The fraction of sp³-hybridized carbons (Fsp3) is 0.821. The number of fused-ring (bicyclic) bond motifs is 2. The van der Waals surface area contributed by atoms with Crippen molar-refractivity contribution in [1.29, 1.82) is 0 Å². The minimum Gasteiger partial charge on any atom is -0.461 e. The van der Waals surface area contributed by atoms with E-state index in [0.29, 0.717) is 12.0 Å². The summed E-state index contributed by atoms with van der Waals surface area (Å²) in [6.45, 7) is 10.3. The summed E-state index contributed by atoms with van der Waals surface area (Å²) in [7, 11) is 6.35. The fourth-order valence-corrected chi connectivity index (χ4v) is 8.42. The zero-order chi connectivity index (χ0) is 40.2. The molecule has 0 aromatic rings. The molecule has 0 unspecified atom stereocenters. The normalized spacial score (nSPS) is 45.9. The van der Waals surface area contributed by atoms with Crippen LogP contribution in [0.3, 0.4) is 0 Å². The third-order valence-electron chi connectivity index (χ3n) is 11.9. The smallest absolute Gasteiger partial charge is 0.313 e. The van der Waals surface area contributed by atoms with Crippen LogP contribution in [0.15, 0.2) is 23.8 Å². The van der Waals surface area contributed by atoms with Gasteiger partial charge in [0.05, 0.1) is 48.6 Å². The Morgan fingerprint density at radius 3 is 2.13 bits per heavy atom.